The van der Waals surface area contributed by atoms with Gasteiger partial charge in [-0.3, -0.25) is 14.5 Å². The highest BCUT2D eigenvalue weighted by molar-refractivity contribution is 8.18. The largest absolute Gasteiger partial charge is 0.478 e. The molecule has 1 saturated heterocycles. The van der Waals surface area contributed by atoms with Crippen LogP contribution in [0.25, 0.3) is 17.4 Å². The summed E-state index contributed by atoms with van der Waals surface area (Å²) in [5.74, 6) is -0.466. The molecule has 1 fully saturated rings. The standard InChI is InChI=1S/C23H17NO5S/c25-21-20(30-23(28)24(21)12-11-15-5-2-1-3-6-15)14-18-9-10-19(29-18)16-7-4-8-17(13-16)22(26)27/h1-10,13-14H,11-12H2,(H,26,27)/b20-14+. The van der Waals surface area contributed by atoms with E-state index < -0.39 is 5.97 Å². The average Bonchev–Trinajstić information content (AvgIpc) is 3.32. The monoisotopic (exact) mass is 419 g/mol. The highest BCUT2D eigenvalue weighted by Gasteiger charge is 2.34. The number of thioether (sulfide) groups is 1. The summed E-state index contributed by atoms with van der Waals surface area (Å²) in [6.07, 6.45) is 2.13. The van der Waals surface area contributed by atoms with E-state index in [-0.39, 0.29) is 16.7 Å². The van der Waals surface area contributed by atoms with Crippen LogP contribution in [0.3, 0.4) is 0 Å². The number of imide groups is 1. The highest BCUT2D eigenvalue weighted by Crippen LogP contribution is 2.33. The van der Waals surface area contributed by atoms with E-state index in [9.17, 15) is 14.4 Å². The average molecular weight is 419 g/mol. The van der Waals surface area contributed by atoms with Crippen molar-refractivity contribution in [2.45, 2.75) is 6.42 Å². The van der Waals surface area contributed by atoms with Gasteiger partial charge in [0, 0.05) is 18.2 Å². The molecular weight excluding hydrogens is 402 g/mol. The molecule has 1 aromatic heterocycles. The zero-order chi connectivity index (χ0) is 21.1. The number of benzene rings is 2. The van der Waals surface area contributed by atoms with Crippen LogP contribution in [0.15, 0.2) is 76.1 Å². The molecule has 2 heterocycles. The van der Waals surface area contributed by atoms with Gasteiger partial charge in [-0.15, -0.1) is 0 Å². The van der Waals surface area contributed by atoms with Crippen LogP contribution in [0.4, 0.5) is 4.79 Å². The lowest BCUT2D eigenvalue weighted by Gasteiger charge is -2.11. The summed E-state index contributed by atoms with van der Waals surface area (Å²) < 4.78 is 5.75. The Hall–Kier alpha value is -3.58. The molecule has 4 rings (SSSR count). The number of nitrogens with zero attached hydrogens (tertiary/aromatic N) is 1. The molecule has 150 valence electrons. The van der Waals surface area contributed by atoms with E-state index in [4.69, 9.17) is 9.52 Å². The number of carbonyl (C=O) groups is 3. The van der Waals surface area contributed by atoms with Gasteiger partial charge in [0.1, 0.15) is 11.5 Å². The van der Waals surface area contributed by atoms with Crippen molar-refractivity contribution in [3.05, 3.63) is 88.5 Å². The number of aromatic carboxylic acids is 1. The maximum Gasteiger partial charge on any atom is 0.335 e. The van der Waals surface area contributed by atoms with Crippen molar-refractivity contribution in [1.29, 1.82) is 0 Å². The summed E-state index contributed by atoms with van der Waals surface area (Å²) in [6, 6.07) is 19.5. The first-order valence-electron chi connectivity index (χ1n) is 9.24. The molecule has 0 radical (unpaired) electrons. The van der Waals surface area contributed by atoms with E-state index in [0.717, 1.165) is 17.3 Å². The molecule has 0 atom stereocenters. The van der Waals surface area contributed by atoms with Gasteiger partial charge in [-0.2, -0.15) is 0 Å². The van der Waals surface area contributed by atoms with E-state index in [1.807, 2.05) is 30.3 Å². The van der Waals surface area contributed by atoms with Crippen LogP contribution in [0, 0.1) is 0 Å². The Morgan fingerprint density at radius 1 is 1.03 bits per heavy atom. The lowest BCUT2D eigenvalue weighted by atomic mass is 10.1. The van der Waals surface area contributed by atoms with Crippen LogP contribution in [-0.4, -0.2) is 33.7 Å². The Kier molecular flexibility index (Phi) is 5.54. The van der Waals surface area contributed by atoms with E-state index in [2.05, 4.69) is 0 Å². The molecule has 0 unspecified atom stereocenters. The van der Waals surface area contributed by atoms with Crippen molar-refractivity contribution in [3.63, 3.8) is 0 Å². The predicted molar refractivity (Wildman–Crippen MR) is 114 cm³/mol. The van der Waals surface area contributed by atoms with Crippen molar-refractivity contribution < 1.29 is 23.9 Å². The quantitative estimate of drug-likeness (QED) is 0.571. The van der Waals surface area contributed by atoms with Gasteiger partial charge in [0.2, 0.25) is 0 Å². The molecular formula is C23H17NO5S. The van der Waals surface area contributed by atoms with Gasteiger partial charge in [-0.25, -0.2) is 4.79 Å². The summed E-state index contributed by atoms with van der Waals surface area (Å²) in [5.41, 5.74) is 1.83. The predicted octanol–water partition coefficient (Wildman–Crippen LogP) is 4.92. The summed E-state index contributed by atoms with van der Waals surface area (Å²) in [7, 11) is 0. The Morgan fingerprint density at radius 2 is 1.83 bits per heavy atom. The number of rotatable bonds is 6. The van der Waals surface area contributed by atoms with Crippen molar-refractivity contribution >= 4 is 35.0 Å². The zero-order valence-corrected chi connectivity index (χ0v) is 16.6. The molecule has 1 aliphatic heterocycles. The zero-order valence-electron chi connectivity index (χ0n) is 15.8. The Morgan fingerprint density at radius 3 is 2.60 bits per heavy atom. The molecule has 0 bridgehead atoms. The van der Waals surface area contributed by atoms with Crippen LogP contribution >= 0.6 is 11.8 Å². The van der Waals surface area contributed by atoms with Crippen LogP contribution in [0.5, 0.6) is 0 Å². The number of carboxylic acids is 1. The van der Waals surface area contributed by atoms with Gasteiger partial charge >= 0.3 is 5.97 Å². The molecule has 6 nitrogen and oxygen atoms in total. The first kappa shape index (κ1) is 19.7. The topological polar surface area (TPSA) is 87.8 Å². The molecule has 2 amide bonds. The second-order valence-corrected chi connectivity index (χ2v) is 7.65. The molecule has 0 saturated carbocycles. The molecule has 0 aliphatic carbocycles. The summed E-state index contributed by atoms with van der Waals surface area (Å²) in [4.78, 5) is 37.6. The molecule has 2 aromatic carbocycles. The van der Waals surface area contributed by atoms with Crippen LogP contribution in [0.2, 0.25) is 0 Å². The first-order chi connectivity index (χ1) is 14.5. The van der Waals surface area contributed by atoms with Gasteiger partial charge < -0.3 is 9.52 Å². The van der Waals surface area contributed by atoms with Gasteiger partial charge in [0.25, 0.3) is 11.1 Å². The summed E-state index contributed by atoms with van der Waals surface area (Å²) in [5, 5.41) is 8.83. The number of amides is 2. The fourth-order valence-corrected chi connectivity index (χ4v) is 3.94. The second kappa shape index (κ2) is 8.42. The maximum absolute atomic E-state index is 12.6. The maximum atomic E-state index is 12.6. The summed E-state index contributed by atoms with van der Waals surface area (Å²) in [6.45, 7) is 0.317. The van der Waals surface area contributed by atoms with Crippen molar-refractivity contribution in [2.75, 3.05) is 6.54 Å². The third-order valence-electron chi connectivity index (χ3n) is 4.63. The van der Waals surface area contributed by atoms with Crippen LogP contribution in [0.1, 0.15) is 21.7 Å². The number of carbonyl (C=O) groups excluding carboxylic acids is 2. The van der Waals surface area contributed by atoms with Gasteiger partial charge in [-0.1, -0.05) is 42.5 Å². The molecule has 1 aliphatic rings. The van der Waals surface area contributed by atoms with Crippen LogP contribution in [-0.2, 0) is 11.2 Å². The second-order valence-electron chi connectivity index (χ2n) is 6.66. The fourth-order valence-electron chi connectivity index (χ4n) is 3.10. The normalized spacial score (nSPS) is 15.2. The van der Waals surface area contributed by atoms with E-state index in [0.29, 0.717) is 35.0 Å². The first-order valence-corrected chi connectivity index (χ1v) is 10.1. The minimum absolute atomic E-state index is 0.157. The lowest BCUT2D eigenvalue weighted by molar-refractivity contribution is -0.122. The molecule has 30 heavy (non-hydrogen) atoms. The van der Waals surface area contributed by atoms with E-state index >= 15 is 0 Å². The SMILES string of the molecule is O=C(O)c1cccc(-c2ccc(/C=C3/SC(=O)N(CCc4ccccc4)C3=O)o2)c1. The third kappa shape index (κ3) is 4.21. The van der Waals surface area contributed by atoms with Gasteiger partial charge in [0.05, 0.1) is 10.5 Å². The fraction of sp³-hybridized carbons (Fsp3) is 0.0870. The van der Waals surface area contributed by atoms with E-state index in [1.54, 1.807) is 24.3 Å². The van der Waals surface area contributed by atoms with Crippen molar-refractivity contribution in [1.82, 2.24) is 4.90 Å². The van der Waals surface area contributed by atoms with Crippen LogP contribution < -0.4 is 0 Å². The third-order valence-corrected chi connectivity index (χ3v) is 5.54. The minimum Gasteiger partial charge on any atom is -0.478 e. The van der Waals surface area contributed by atoms with Crippen molar-refractivity contribution in [2.24, 2.45) is 0 Å². The highest BCUT2D eigenvalue weighted by atomic mass is 32.2. The van der Waals surface area contributed by atoms with Gasteiger partial charge in [0.15, 0.2) is 0 Å². The number of hydrogen-bond donors (Lipinski definition) is 1. The molecule has 7 heteroatoms. The molecule has 3 aromatic rings. The number of carboxylic acid groups (broad SMARTS) is 1. The Bertz CT molecular complexity index is 1150. The lowest BCUT2D eigenvalue weighted by Crippen LogP contribution is -2.30. The Balaban J connectivity index is 1.49. The molecule has 1 N–H and O–H groups in total. The smallest absolute Gasteiger partial charge is 0.335 e. The summed E-state index contributed by atoms with van der Waals surface area (Å²) >= 11 is 0.884. The van der Waals surface area contributed by atoms with Crippen molar-refractivity contribution in [3.8, 4) is 11.3 Å². The minimum atomic E-state index is -1.02. The van der Waals surface area contributed by atoms with E-state index in [1.165, 1.54) is 23.1 Å². The Labute approximate surface area is 176 Å². The number of hydrogen-bond acceptors (Lipinski definition) is 5. The number of furan rings is 1. The van der Waals surface area contributed by atoms with Gasteiger partial charge in [-0.05, 0) is 48.0 Å². The molecule has 0 spiro atoms.